The largest absolute Gasteiger partial charge is 0.477 e. The van der Waals surface area contributed by atoms with E-state index in [0.29, 0.717) is 4.88 Å². The number of aromatic nitrogens is 1. The lowest BCUT2D eigenvalue weighted by molar-refractivity contribution is 0.0701. The molecule has 0 aromatic carbocycles. The smallest absolute Gasteiger partial charge is 0.346 e. The van der Waals surface area contributed by atoms with Gasteiger partial charge in [-0.05, 0) is 28.4 Å². The Balaban J connectivity index is 2.87. The summed E-state index contributed by atoms with van der Waals surface area (Å²) in [5, 5.41) is 9.88. The van der Waals surface area contributed by atoms with Crippen molar-refractivity contribution < 1.29 is 9.90 Å². The zero-order valence-electron chi connectivity index (χ0n) is 7.24. The van der Waals surface area contributed by atoms with Gasteiger partial charge in [-0.25, -0.2) is 4.79 Å². The summed E-state index contributed by atoms with van der Waals surface area (Å²) in [4.78, 5) is 15.3. The number of carboxylic acid groups (broad SMARTS) is 1. The van der Waals surface area contributed by atoms with Gasteiger partial charge in [-0.15, -0.1) is 11.3 Å². The molecule has 0 fully saturated rings. The van der Waals surface area contributed by atoms with E-state index in [4.69, 9.17) is 5.11 Å². The molecule has 2 aromatic rings. The van der Waals surface area contributed by atoms with Crippen LogP contribution in [0, 0.1) is 6.92 Å². The zero-order chi connectivity index (χ0) is 10.3. The SMILES string of the molecule is Cc1c(C(=O)O)sc2cncc(Br)c12. The first-order valence-corrected chi connectivity index (χ1v) is 5.48. The third kappa shape index (κ3) is 1.33. The van der Waals surface area contributed by atoms with Crippen LogP contribution < -0.4 is 0 Å². The molecule has 0 radical (unpaired) electrons. The number of rotatable bonds is 1. The zero-order valence-corrected chi connectivity index (χ0v) is 9.65. The minimum Gasteiger partial charge on any atom is -0.477 e. The average Bonchev–Trinajstić information content (AvgIpc) is 2.45. The third-order valence-corrected chi connectivity index (χ3v) is 3.80. The summed E-state index contributed by atoms with van der Waals surface area (Å²) in [6, 6.07) is 0. The molecule has 0 atom stereocenters. The second-order valence-corrected chi connectivity index (χ2v) is 4.76. The van der Waals surface area contributed by atoms with Crippen molar-refractivity contribution in [1.82, 2.24) is 4.98 Å². The first-order chi connectivity index (χ1) is 6.61. The van der Waals surface area contributed by atoms with Crippen molar-refractivity contribution in [2.75, 3.05) is 0 Å². The van der Waals surface area contributed by atoms with Crippen molar-refractivity contribution in [3.05, 3.63) is 27.3 Å². The second kappa shape index (κ2) is 3.33. The van der Waals surface area contributed by atoms with Crippen molar-refractivity contribution in [3.63, 3.8) is 0 Å². The quantitative estimate of drug-likeness (QED) is 0.867. The molecule has 0 saturated heterocycles. The molecule has 0 aliphatic rings. The highest BCUT2D eigenvalue weighted by Gasteiger charge is 2.15. The molecule has 14 heavy (non-hydrogen) atoms. The third-order valence-electron chi connectivity index (χ3n) is 1.99. The number of halogens is 1. The monoisotopic (exact) mass is 271 g/mol. The van der Waals surface area contributed by atoms with Gasteiger partial charge in [0.25, 0.3) is 0 Å². The normalized spacial score (nSPS) is 10.7. The van der Waals surface area contributed by atoms with Gasteiger partial charge in [-0.3, -0.25) is 4.98 Å². The highest BCUT2D eigenvalue weighted by atomic mass is 79.9. The van der Waals surface area contributed by atoms with Gasteiger partial charge in [0.15, 0.2) is 0 Å². The van der Waals surface area contributed by atoms with Crippen LogP contribution in [0.15, 0.2) is 16.9 Å². The fraction of sp³-hybridized carbons (Fsp3) is 0.111. The Morgan fingerprint density at radius 3 is 2.86 bits per heavy atom. The molecule has 1 N–H and O–H groups in total. The Hall–Kier alpha value is -0.940. The Morgan fingerprint density at radius 1 is 1.57 bits per heavy atom. The van der Waals surface area contributed by atoms with Crippen LogP contribution in [0.25, 0.3) is 10.1 Å². The molecule has 0 aliphatic heterocycles. The van der Waals surface area contributed by atoms with E-state index in [1.165, 1.54) is 11.3 Å². The molecule has 0 aliphatic carbocycles. The van der Waals surface area contributed by atoms with Crippen LogP contribution >= 0.6 is 27.3 Å². The maximum absolute atomic E-state index is 10.9. The predicted octanol–water partition coefficient (Wildman–Crippen LogP) is 3.07. The molecule has 0 unspecified atom stereocenters. The van der Waals surface area contributed by atoms with E-state index in [2.05, 4.69) is 20.9 Å². The highest BCUT2D eigenvalue weighted by molar-refractivity contribution is 9.10. The number of aromatic carboxylic acids is 1. The minimum absolute atomic E-state index is 0.383. The number of carboxylic acids is 1. The molecular weight excluding hydrogens is 266 g/mol. The fourth-order valence-corrected chi connectivity index (χ4v) is 3.16. The maximum atomic E-state index is 10.9. The molecule has 3 nitrogen and oxygen atoms in total. The van der Waals surface area contributed by atoms with E-state index in [1.807, 2.05) is 6.92 Å². The lowest BCUT2D eigenvalue weighted by Gasteiger charge is -1.94. The van der Waals surface area contributed by atoms with E-state index >= 15 is 0 Å². The van der Waals surface area contributed by atoms with Gasteiger partial charge in [0.05, 0.1) is 4.70 Å². The molecule has 0 bridgehead atoms. The molecule has 2 aromatic heterocycles. The molecule has 72 valence electrons. The summed E-state index contributed by atoms with van der Waals surface area (Å²) < 4.78 is 1.74. The van der Waals surface area contributed by atoms with Crippen molar-refractivity contribution in [2.24, 2.45) is 0 Å². The van der Waals surface area contributed by atoms with E-state index in [-0.39, 0.29) is 0 Å². The molecular formula is C9H6BrNO2S. The van der Waals surface area contributed by atoms with Crippen LogP contribution in [0.2, 0.25) is 0 Å². The van der Waals surface area contributed by atoms with Crippen LogP contribution in [0.4, 0.5) is 0 Å². The summed E-state index contributed by atoms with van der Waals surface area (Å²) in [5.74, 6) is -0.879. The number of fused-ring (bicyclic) bond motifs is 1. The van der Waals surface area contributed by atoms with Gasteiger partial charge in [-0.1, -0.05) is 0 Å². The van der Waals surface area contributed by atoms with Crippen molar-refractivity contribution >= 4 is 43.3 Å². The number of aryl methyl sites for hydroxylation is 1. The topological polar surface area (TPSA) is 50.2 Å². The summed E-state index contributed by atoms with van der Waals surface area (Å²) in [6.07, 6.45) is 3.36. The Labute approximate surface area is 92.5 Å². The number of hydrogen-bond donors (Lipinski definition) is 1. The van der Waals surface area contributed by atoms with Crippen molar-refractivity contribution in [2.45, 2.75) is 6.92 Å². The van der Waals surface area contributed by atoms with Gasteiger partial charge >= 0.3 is 5.97 Å². The summed E-state index contributed by atoms with van der Waals surface area (Å²) >= 11 is 4.62. The van der Waals surface area contributed by atoms with E-state index < -0.39 is 5.97 Å². The molecule has 5 heteroatoms. The van der Waals surface area contributed by atoms with E-state index in [0.717, 1.165) is 20.1 Å². The summed E-state index contributed by atoms with van der Waals surface area (Å²) in [6.45, 7) is 1.81. The Morgan fingerprint density at radius 2 is 2.29 bits per heavy atom. The van der Waals surface area contributed by atoms with Crippen LogP contribution in [0.1, 0.15) is 15.2 Å². The van der Waals surface area contributed by atoms with Crippen LogP contribution in [0.3, 0.4) is 0 Å². The Kier molecular flexibility index (Phi) is 2.28. The van der Waals surface area contributed by atoms with E-state index in [1.54, 1.807) is 12.4 Å². The lowest BCUT2D eigenvalue weighted by Crippen LogP contribution is -1.93. The van der Waals surface area contributed by atoms with Gasteiger partial charge in [0, 0.05) is 22.3 Å². The van der Waals surface area contributed by atoms with Crippen molar-refractivity contribution in [3.8, 4) is 0 Å². The van der Waals surface area contributed by atoms with Gasteiger partial charge in [0.1, 0.15) is 4.88 Å². The average molecular weight is 272 g/mol. The second-order valence-electron chi connectivity index (χ2n) is 2.86. The van der Waals surface area contributed by atoms with Gasteiger partial charge in [0.2, 0.25) is 0 Å². The lowest BCUT2D eigenvalue weighted by atomic mass is 10.2. The van der Waals surface area contributed by atoms with E-state index in [9.17, 15) is 4.79 Å². The van der Waals surface area contributed by atoms with Crippen LogP contribution in [0.5, 0.6) is 0 Å². The first-order valence-electron chi connectivity index (χ1n) is 3.87. The summed E-state index contributed by atoms with van der Waals surface area (Å²) in [5.41, 5.74) is 0.798. The van der Waals surface area contributed by atoms with Crippen LogP contribution in [-0.2, 0) is 0 Å². The highest BCUT2D eigenvalue weighted by Crippen LogP contribution is 2.34. The standard InChI is InChI=1S/C9H6BrNO2S/c1-4-7-5(10)2-11-3-6(7)14-8(4)9(12)13/h2-3H,1H3,(H,12,13). The molecule has 0 saturated carbocycles. The molecule has 0 amide bonds. The summed E-state index contributed by atoms with van der Waals surface area (Å²) in [7, 11) is 0. The number of carbonyl (C=O) groups is 1. The molecule has 2 heterocycles. The van der Waals surface area contributed by atoms with Crippen molar-refractivity contribution in [1.29, 1.82) is 0 Å². The number of nitrogens with zero attached hydrogens (tertiary/aromatic N) is 1. The van der Waals surface area contributed by atoms with Gasteiger partial charge in [-0.2, -0.15) is 0 Å². The number of pyridine rings is 1. The number of thiophene rings is 1. The molecule has 0 spiro atoms. The fourth-order valence-electron chi connectivity index (χ4n) is 1.36. The minimum atomic E-state index is -0.879. The maximum Gasteiger partial charge on any atom is 0.346 e. The Bertz CT molecular complexity index is 521. The number of hydrogen-bond acceptors (Lipinski definition) is 3. The van der Waals surface area contributed by atoms with Gasteiger partial charge < -0.3 is 5.11 Å². The predicted molar refractivity (Wildman–Crippen MR) is 59.0 cm³/mol. The first kappa shape index (κ1) is 9.61. The molecule has 2 rings (SSSR count). The van der Waals surface area contributed by atoms with Crippen LogP contribution in [-0.4, -0.2) is 16.1 Å².